The third kappa shape index (κ3) is 2.72. The number of rotatable bonds is 2. The van der Waals surface area contributed by atoms with E-state index < -0.39 is 11.9 Å². The molecule has 4 nitrogen and oxygen atoms in total. The number of nitrogens with zero attached hydrogens (tertiary/aromatic N) is 1. The standard InChI is InChI=1S/C20H15NO3/c1-12-8-13(6-7-14(12)11-21)9-15-10-18(20(23)24)16-4-2-3-5-17(16)19(15)22/h2-9,18H,10H2,1H3,(H,23,24). The average molecular weight is 317 g/mol. The number of hydrogen-bond acceptors (Lipinski definition) is 3. The summed E-state index contributed by atoms with van der Waals surface area (Å²) >= 11 is 0. The van der Waals surface area contributed by atoms with E-state index in [1.54, 1.807) is 42.5 Å². The first kappa shape index (κ1) is 15.7. The van der Waals surface area contributed by atoms with Gasteiger partial charge in [0, 0.05) is 11.1 Å². The highest BCUT2D eigenvalue weighted by atomic mass is 16.4. The Morgan fingerprint density at radius 1 is 1.29 bits per heavy atom. The van der Waals surface area contributed by atoms with E-state index in [1.807, 2.05) is 13.0 Å². The van der Waals surface area contributed by atoms with Crippen LogP contribution in [-0.2, 0) is 4.79 Å². The number of aliphatic carboxylic acids is 1. The number of carbonyl (C=O) groups is 2. The fourth-order valence-electron chi connectivity index (χ4n) is 3.05. The van der Waals surface area contributed by atoms with Gasteiger partial charge >= 0.3 is 5.97 Å². The number of benzene rings is 2. The van der Waals surface area contributed by atoms with Crippen molar-refractivity contribution in [3.8, 4) is 6.07 Å². The Morgan fingerprint density at radius 2 is 2.04 bits per heavy atom. The van der Waals surface area contributed by atoms with Crippen LogP contribution in [0.5, 0.6) is 0 Å². The van der Waals surface area contributed by atoms with Crippen molar-refractivity contribution < 1.29 is 14.7 Å². The molecule has 0 bridgehead atoms. The summed E-state index contributed by atoms with van der Waals surface area (Å²) in [6.07, 6.45) is 1.90. The van der Waals surface area contributed by atoms with Gasteiger partial charge < -0.3 is 5.11 Å². The van der Waals surface area contributed by atoms with Gasteiger partial charge in [-0.25, -0.2) is 0 Å². The van der Waals surface area contributed by atoms with Gasteiger partial charge in [0.05, 0.1) is 17.6 Å². The van der Waals surface area contributed by atoms with Gasteiger partial charge in [-0.2, -0.15) is 5.26 Å². The Bertz CT molecular complexity index is 919. The fourth-order valence-corrected chi connectivity index (χ4v) is 3.05. The Hall–Kier alpha value is -3.19. The molecule has 4 heteroatoms. The molecule has 0 aromatic heterocycles. The highest BCUT2D eigenvalue weighted by Gasteiger charge is 2.33. The molecule has 0 spiro atoms. The fraction of sp³-hybridized carbons (Fsp3) is 0.150. The van der Waals surface area contributed by atoms with Crippen molar-refractivity contribution in [3.63, 3.8) is 0 Å². The number of ketones is 1. The maximum atomic E-state index is 12.7. The molecule has 2 aromatic rings. The number of carboxylic acid groups (broad SMARTS) is 1. The predicted octanol–water partition coefficient (Wildman–Crippen LogP) is 3.70. The summed E-state index contributed by atoms with van der Waals surface area (Å²) in [5, 5.41) is 18.5. The number of hydrogen-bond donors (Lipinski definition) is 1. The molecule has 3 rings (SSSR count). The van der Waals surface area contributed by atoms with Crippen LogP contribution in [0.4, 0.5) is 0 Å². The first-order valence-corrected chi connectivity index (χ1v) is 7.59. The van der Waals surface area contributed by atoms with Crippen molar-refractivity contribution >= 4 is 17.8 Å². The van der Waals surface area contributed by atoms with Gasteiger partial charge in [0.25, 0.3) is 0 Å². The van der Waals surface area contributed by atoms with Crippen LogP contribution in [0.2, 0.25) is 0 Å². The van der Waals surface area contributed by atoms with Gasteiger partial charge in [-0.05, 0) is 42.2 Å². The van der Waals surface area contributed by atoms with Crippen molar-refractivity contribution in [2.75, 3.05) is 0 Å². The smallest absolute Gasteiger partial charge is 0.311 e. The van der Waals surface area contributed by atoms with Gasteiger partial charge in [0.15, 0.2) is 5.78 Å². The maximum Gasteiger partial charge on any atom is 0.311 e. The van der Waals surface area contributed by atoms with E-state index in [4.69, 9.17) is 5.26 Å². The molecule has 1 atom stereocenters. The molecule has 24 heavy (non-hydrogen) atoms. The molecule has 0 aliphatic heterocycles. The monoisotopic (exact) mass is 317 g/mol. The van der Waals surface area contributed by atoms with Crippen molar-refractivity contribution in [1.82, 2.24) is 0 Å². The van der Waals surface area contributed by atoms with Crippen molar-refractivity contribution in [2.24, 2.45) is 0 Å². The lowest BCUT2D eigenvalue weighted by Crippen LogP contribution is -2.23. The molecule has 0 saturated carbocycles. The van der Waals surface area contributed by atoms with Crippen LogP contribution in [-0.4, -0.2) is 16.9 Å². The summed E-state index contributed by atoms with van der Waals surface area (Å²) in [6.45, 7) is 1.83. The highest BCUT2D eigenvalue weighted by molar-refractivity contribution is 6.14. The van der Waals surface area contributed by atoms with Crippen molar-refractivity contribution in [3.05, 3.63) is 75.9 Å². The summed E-state index contributed by atoms with van der Waals surface area (Å²) in [5.74, 6) is -1.79. The van der Waals surface area contributed by atoms with Crippen LogP contribution in [0.1, 0.15) is 45.0 Å². The molecule has 0 radical (unpaired) electrons. The molecular weight excluding hydrogens is 302 g/mol. The minimum Gasteiger partial charge on any atom is -0.481 e. The number of aryl methyl sites for hydroxylation is 1. The second kappa shape index (κ2) is 6.13. The number of Topliss-reactive ketones (excluding diaryl/α,β-unsaturated/α-hetero) is 1. The summed E-state index contributed by atoms with van der Waals surface area (Å²) in [6, 6.07) is 14.3. The first-order chi connectivity index (χ1) is 11.5. The predicted molar refractivity (Wildman–Crippen MR) is 89.6 cm³/mol. The summed E-state index contributed by atoms with van der Waals surface area (Å²) in [5.41, 5.74) is 3.70. The summed E-state index contributed by atoms with van der Waals surface area (Å²) in [4.78, 5) is 24.3. The molecule has 1 unspecified atom stereocenters. The number of nitriles is 1. The third-order valence-corrected chi connectivity index (χ3v) is 4.31. The van der Waals surface area contributed by atoms with Crippen LogP contribution in [0, 0.1) is 18.3 Å². The Balaban J connectivity index is 2.06. The molecule has 2 aromatic carbocycles. The van der Waals surface area contributed by atoms with Crippen LogP contribution in [0.15, 0.2) is 48.0 Å². The number of allylic oxidation sites excluding steroid dienone is 1. The van der Waals surface area contributed by atoms with Gasteiger partial charge in [0.1, 0.15) is 0 Å². The molecule has 118 valence electrons. The van der Waals surface area contributed by atoms with Crippen LogP contribution >= 0.6 is 0 Å². The van der Waals surface area contributed by atoms with Gasteiger partial charge in [-0.3, -0.25) is 9.59 Å². The quantitative estimate of drug-likeness (QED) is 0.857. The topological polar surface area (TPSA) is 78.2 Å². The zero-order valence-corrected chi connectivity index (χ0v) is 13.1. The maximum absolute atomic E-state index is 12.7. The number of carboxylic acids is 1. The lowest BCUT2D eigenvalue weighted by atomic mass is 9.78. The van der Waals surface area contributed by atoms with E-state index in [2.05, 4.69) is 6.07 Å². The highest BCUT2D eigenvalue weighted by Crippen LogP contribution is 2.35. The molecule has 0 heterocycles. The molecule has 0 amide bonds. The minimum absolute atomic E-state index is 0.134. The van der Waals surface area contributed by atoms with E-state index >= 15 is 0 Å². The van der Waals surface area contributed by atoms with Crippen LogP contribution < -0.4 is 0 Å². The minimum atomic E-state index is -0.933. The Kier molecular flexibility index (Phi) is 4.01. The van der Waals surface area contributed by atoms with Gasteiger partial charge in [-0.15, -0.1) is 0 Å². The van der Waals surface area contributed by atoms with Gasteiger partial charge in [-0.1, -0.05) is 36.4 Å². The van der Waals surface area contributed by atoms with Crippen LogP contribution in [0.25, 0.3) is 6.08 Å². The molecule has 1 aliphatic carbocycles. The number of fused-ring (bicyclic) bond motifs is 1. The Morgan fingerprint density at radius 3 is 2.71 bits per heavy atom. The lowest BCUT2D eigenvalue weighted by Gasteiger charge is -2.23. The molecule has 0 saturated heterocycles. The van der Waals surface area contributed by atoms with E-state index in [9.17, 15) is 14.7 Å². The second-order valence-corrected chi connectivity index (χ2v) is 5.87. The van der Waals surface area contributed by atoms with E-state index in [1.165, 1.54) is 0 Å². The molecule has 1 aliphatic rings. The summed E-state index contributed by atoms with van der Waals surface area (Å²) in [7, 11) is 0. The van der Waals surface area contributed by atoms with Gasteiger partial charge in [0.2, 0.25) is 0 Å². The SMILES string of the molecule is Cc1cc(C=C2CC(C(=O)O)c3ccccc3C2=O)ccc1C#N. The number of carbonyl (C=O) groups excluding carboxylic acids is 1. The summed E-state index contributed by atoms with van der Waals surface area (Å²) < 4.78 is 0. The lowest BCUT2D eigenvalue weighted by molar-refractivity contribution is -0.138. The molecule has 0 fully saturated rings. The van der Waals surface area contributed by atoms with Crippen molar-refractivity contribution in [1.29, 1.82) is 5.26 Å². The van der Waals surface area contributed by atoms with Crippen molar-refractivity contribution in [2.45, 2.75) is 19.3 Å². The molecular formula is C20H15NO3. The Labute approximate surface area is 139 Å². The normalized spacial score (nSPS) is 18.1. The molecule has 1 N–H and O–H groups in total. The average Bonchev–Trinajstić information content (AvgIpc) is 2.57. The van der Waals surface area contributed by atoms with E-state index in [-0.39, 0.29) is 12.2 Å². The van der Waals surface area contributed by atoms with E-state index in [0.717, 1.165) is 11.1 Å². The van der Waals surface area contributed by atoms with E-state index in [0.29, 0.717) is 22.3 Å². The second-order valence-electron chi connectivity index (χ2n) is 5.87. The first-order valence-electron chi connectivity index (χ1n) is 7.59. The zero-order chi connectivity index (χ0) is 17.3. The van der Waals surface area contributed by atoms with Crippen LogP contribution in [0.3, 0.4) is 0 Å². The zero-order valence-electron chi connectivity index (χ0n) is 13.1. The largest absolute Gasteiger partial charge is 0.481 e. The third-order valence-electron chi connectivity index (χ3n) is 4.31.